The van der Waals surface area contributed by atoms with Crippen LogP contribution >= 0.6 is 0 Å². The van der Waals surface area contributed by atoms with Gasteiger partial charge in [-0.25, -0.2) is 4.79 Å². The van der Waals surface area contributed by atoms with Crippen LogP contribution in [0.25, 0.3) is 0 Å². The second-order valence-electron chi connectivity index (χ2n) is 5.37. The van der Waals surface area contributed by atoms with E-state index in [1.807, 2.05) is 31.2 Å². The minimum absolute atomic E-state index is 0.0402. The number of likely N-dealkylation sites (tertiary alicyclic amines) is 1. The minimum atomic E-state index is -0.0402. The lowest BCUT2D eigenvalue weighted by molar-refractivity contribution is 0.207. The van der Waals surface area contributed by atoms with Crippen LogP contribution in [0, 0.1) is 6.92 Å². The highest BCUT2D eigenvalue weighted by atomic mass is 16.5. The van der Waals surface area contributed by atoms with E-state index in [0.717, 1.165) is 18.5 Å². The average Bonchev–Trinajstić information content (AvgIpc) is 3.17. The molecule has 6 heteroatoms. The number of carbonyl (C=O) groups is 1. The Bertz CT molecular complexity index is 595. The molecule has 1 aliphatic heterocycles. The molecule has 0 radical (unpaired) electrons. The van der Waals surface area contributed by atoms with Gasteiger partial charge in [-0.3, -0.25) is 0 Å². The van der Waals surface area contributed by atoms with Crippen molar-refractivity contribution < 1.29 is 9.32 Å². The first kappa shape index (κ1) is 13.6. The second kappa shape index (κ2) is 5.95. The molecule has 1 aromatic heterocycles. The van der Waals surface area contributed by atoms with Gasteiger partial charge in [0.05, 0.1) is 0 Å². The van der Waals surface area contributed by atoms with Crippen molar-refractivity contribution in [3.8, 4) is 0 Å². The Morgan fingerprint density at radius 3 is 2.95 bits per heavy atom. The molecule has 21 heavy (non-hydrogen) atoms. The predicted molar refractivity (Wildman–Crippen MR) is 76.6 cm³/mol. The summed E-state index contributed by atoms with van der Waals surface area (Å²) >= 11 is 0. The van der Waals surface area contributed by atoms with E-state index < -0.39 is 0 Å². The summed E-state index contributed by atoms with van der Waals surface area (Å²) in [5.74, 6) is 0.859. The monoisotopic (exact) mass is 286 g/mol. The standard InChI is InChI=1S/C15H18N4O2/c1-11-2-4-12(5-3-11)8-16-15(20)19-7-6-13(9-19)14-17-10-21-18-14/h2-5,10,13H,6-9H2,1H3,(H,16,20). The normalized spacial score (nSPS) is 18.0. The number of urea groups is 1. The van der Waals surface area contributed by atoms with Gasteiger partial charge in [-0.1, -0.05) is 35.0 Å². The molecule has 0 spiro atoms. The maximum atomic E-state index is 12.2. The summed E-state index contributed by atoms with van der Waals surface area (Å²) in [7, 11) is 0. The molecule has 0 saturated carbocycles. The van der Waals surface area contributed by atoms with Gasteiger partial charge in [-0.2, -0.15) is 4.98 Å². The van der Waals surface area contributed by atoms with Crippen molar-refractivity contribution in [2.24, 2.45) is 0 Å². The van der Waals surface area contributed by atoms with Crippen LogP contribution in [0.3, 0.4) is 0 Å². The Balaban J connectivity index is 1.51. The molecule has 6 nitrogen and oxygen atoms in total. The van der Waals surface area contributed by atoms with Crippen molar-refractivity contribution in [3.05, 3.63) is 47.6 Å². The molecule has 2 aromatic rings. The molecule has 1 aromatic carbocycles. The maximum absolute atomic E-state index is 12.2. The number of hydrogen-bond donors (Lipinski definition) is 1. The number of nitrogens with zero attached hydrogens (tertiary/aromatic N) is 3. The Labute approximate surface area is 123 Å². The average molecular weight is 286 g/mol. The highest BCUT2D eigenvalue weighted by molar-refractivity contribution is 5.74. The Kier molecular flexibility index (Phi) is 3.85. The van der Waals surface area contributed by atoms with Gasteiger partial charge in [-0.15, -0.1) is 0 Å². The van der Waals surface area contributed by atoms with Crippen molar-refractivity contribution in [1.29, 1.82) is 0 Å². The van der Waals surface area contributed by atoms with Gasteiger partial charge < -0.3 is 14.7 Å². The molecule has 1 atom stereocenters. The van der Waals surface area contributed by atoms with Gasteiger partial charge in [0.1, 0.15) is 0 Å². The lowest BCUT2D eigenvalue weighted by atomic mass is 10.1. The molecule has 1 unspecified atom stereocenters. The molecule has 2 heterocycles. The smallest absolute Gasteiger partial charge is 0.317 e. The SMILES string of the molecule is Cc1ccc(CNC(=O)N2CCC(c3ncon3)C2)cc1. The number of nitrogens with one attached hydrogen (secondary N) is 1. The molecule has 1 fully saturated rings. The van der Waals surface area contributed by atoms with Crippen molar-refractivity contribution >= 4 is 6.03 Å². The predicted octanol–water partition coefficient (Wildman–Crippen LogP) is 2.08. The summed E-state index contributed by atoms with van der Waals surface area (Å²) in [6, 6.07) is 8.11. The zero-order chi connectivity index (χ0) is 14.7. The first-order valence-corrected chi connectivity index (χ1v) is 7.07. The number of benzene rings is 1. The molecule has 3 rings (SSSR count). The van der Waals surface area contributed by atoms with Gasteiger partial charge >= 0.3 is 6.03 Å². The van der Waals surface area contributed by atoms with E-state index in [0.29, 0.717) is 18.9 Å². The van der Waals surface area contributed by atoms with Gasteiger partial charge in [0, 0.05) is 25.6 Å². The Morgan fingerprint density at radius 1 is 1.43 bits per heavy atom. The van der Waals surface area contributed by atoms with Crippen molar-refractivity contribution in [2.45, 2.75) is 25.8 Å². The molecule has 1 saturated heterocycles. The van der Waals surface area contributed by atoms with Crippen LogP contribution in [0.5, 0.6) is 0 Å². The number of rotatable bonds is 3. The van der Waals surface area contributed by atoms with Crippen LogP contribution in [0.15, 0.2) is 35.2 Å². The minimum Gasteiger partial charge on any atom is -0.343 e. The summed E-state index contributed by atoms with van der Waals surface area (Å²) < 4.78 is 4.76. The fourth-order valence-electron chi connectivity index (χ4n) is 2.51. The van der Waals surface area contributed by atoms with Crippen LogP contribution < -0.4 is 5.32 Å². The van der Waals surface area contributed by atoms with Crippen LogP contribution in [-0.4, -0.2) is 34.2 Å². The first-order chi connectivity index (χ1) is 10.2. The third-order valence-electron chi connectivity index (χ3n) is 3.78. The fraction of sp³-hybridized carbons (Fsp3) is 0.400. The third-order valence-corrected chi connectivity index (χ3v) is 3.78. The highest BCUT2D eigenvalue weighted by Crippen LogP contribution is 2.24. The van der Waals surface area contributed by atoms with E-state index in [2.05, 4.69) is 15.5 Å². The number of aromatic nitrogens is 2. The number of hydrogen-bond acceptors (Lipinski definition) is 4. The highest BCUT2D eigenvalue weighted by Gasteiger charge is 2.29. The fourth-order valence-corrected chi connectivity index (χ4v) is 2.51. The van der Waals surface area contributed by atoms with Gasteiger partial charge in [0.2, 0.25) is 6.39 Å². The quantitative estimate of drug-likeness (QED) is 0.937. The summed E-state index contributed by atoms with van der Waals surface area (Å²) in [6.07, 6.45) is 2.20. The van der Waals surface area contributed by atoms with Crippen LogP contribution in [0.2, 0.25) is 0 Å². The molecule has 110 valence electrons. The number of carbonyl (C=O) groups excluding carboxylic acids is 1. The van der Waals surface area contributed by atoms with Crippen molar-refractivity contribution in [1.82, 2.24) is 20.4 Å². The lowest BCUT2D eigenvalue weighted by Crippen LogP contribution is -2.38. The summed E-state index contributed by atoms with van der Waals surface area (Å²) in [5, 5.41) is 6.80. The summed E-state index contributed by atoms with van der Waals surface area (Å²) in [6.45, 7) is 3.95. The van der Waals surface area contributed by atoms with Gasteiger partial charge in [0.25, 0.3) is 0 Å². The number of amides is 2. The zero-order valence-electron chi connectivity index (χ0n) is 12.0. The van der Waals surface area contributed by atoms with Gasteiger partial charge in [-0.05, 0) is 18.9 Å². The van der Waals surface area contributed by atoms with Crippen LogP contribution in [-0.2, 0) is 6.54 Å². The Morgan fingerprint density at radius 2 is 2.24 bits per heavy atom. The Hall–Kier alpha value is -2.37. The largest absolute Gasteiger partial charge is 0.343 e. The van der Waals surface area contributed by atoms with E-state index in [-0.39, 0.29) is 11.9 Å². The maximum Gasteiger partial charge on any atom is 0.317 e. The zero-order valence-corrected chi connectivity index (χ0v) is 12.0. The lowest BCUT2D eigenvalue weighted by Gasteiger charge is -2.17. The summed E-state index contributed by atoms with van der Waals surface area (Å²) in [4.78, 5) is 18.0. The molecule has 1 aliphatic rings. The molecule has 0 bridgehead atoms. The molecular weight excluding hydrogens is 268 g/mol. The topological polar surface area (TPSA) is 71.3 Å². The molecule has 0 aliphatic carbocycles. The van der Waals surface area contributed by atoms with E-state index in [9.17, 15) is 4.79 Å². The van der Waals surface area contributed by atoms with Crippen LogP contribution in [0.1, 0.15) is 29.3 Å². The van der Waals surface area contributed by atoms with Crippen molar-refractivity contribution in [2.75, 3.05) is 13.1 Å². The molecular formula is C15H18N4O2. The van der Waals surface area contributed by atoms with Crippen LogP contribution in [0.4, 0.5) is 4.79 Å². The molecule has 1 N–H and O–H groups in total. The van der Waals surface area contributed by atoms with E-state index in [4.69, 9.17) is 4.52 Å². The second-order valence-corrected chi connectivity index (χ2v) is 5.37. The van der Waals surface area contributed by atoms with Gasteiger partial charge in [0.15, 0.2) is 5.82 Å². The van der Waals surface area contributed by atoms with E-state index >= 15 is 0 Å². The molecule has 2 amide bonds. The number of aryl methyl sites for hydroxylation is 1. The third kappa shape index (κ3) is 3.21. The first-order valence-electron chi connectivity index (χ1n) is 7.07. The summed E-state index contributed by atoms with van der Waals surface area (Å²) in [5.41, 5.74) is 2.32. The van der Waals surface area contributed by atoms with E-state index in [1.165, 1.54) is 12.0 Å². The van der Waals surface area contributed by atoms with E-state index in [1.54, 1.807) is 4.90 Å². The van der Waals surface area contributed by atoms with Crippen molar-refractivity contribution in [3.63, 3.8) is 0 Å².